The first-order valence-electron chi connectivity index (χ1n) is 5.96. The molecule has 2 rings (SSSR count). The van der Waals surface area contributed by atoms with Gasteiger partial charge in [-0.3, -0.25) is 0 Å². The van der Waals surface area contributed by atoms with E-state index in [1.807, 2.05) is 13.8 Å². The minimum absolute atomic E-state index is 0.0417. The van der Waals surface area contributed by atoms with Crippen LogP contribution in [0, 0.1) is 18.3 Å². The van der Waals surface area contributed by atoms with Crippen LogP contribution in [0.3, 0.4) is 0 Å². The van der Waals surface area contributed by atoms with Crippen molar-refractivity contribution < 1.29 is 4.74 Å². The number of rotatable bonds is 4. The monoisotopic (exact) mass is 289 g/mol. The van der Waals surface area contributed by atoms with Gasteiger partial charge in [0.15, 0.2) is 0 Å². The minimum atomic E-state index is 0.0417. The molecule has 0 fully saturated rings. The Morgan fingerprint density at radius 2 is 2.15 bits per heavy atom. The highest BCUT2D eigenvalue weighted by molar-refractivity contribution is 6.28. The Bertz CT molecular complexity index is 668. The van der Waals surface area contributed by atoms with Gasteiger partial charge in [0, 0.05) is 6.54 Å². The number of hydrogen-bond donors (Lipinski definition) is 1. The SMILES string of the molecule is CCNc1nc(Cl)nc(Oc2cc(C#N)ccc2C)n1. The quantitative estimate of drug-likeness (QED) is 0.931. The first-order chi connectivity index (χ1) is 9.62. The highest BCUT2D eigenvalue weighted by Crippen LogP contribution is 2.24. The summed E-state index contributed by atoms with van der Waals surface area (Å²) in [7, 11) is 0. The van der Waals surface area contributed by atoms with Crippen molar-refractivity contribution in [2.75, 3.05) is 11.9 Å². The van der Waals surface area contributed by atoms with Crippen molar-refractivity contribution >= 4 is 17.5 Å². The van der Waals surface area contributed by atoms with Gasteiger partial charge in [0.2, 0.25) is 11.2 Å². The predicted molar refractivity (Wildman–Crippen MR) is 75.0 cm³/mol. The van der Waals surface area contributed by atoms with Crippen LogP contribution in [0.2, 0.25) is 5.28 Å². The zero-order chi connectivity index (χ0) is 14.5. The van der Waals surface area contributed by atoms with E-state index in [9.17, 15) is 0 Å². The van der Waals surface area contributed by atoms with E-state index in [1.54, 1.807) is 18.2 Å². The van der Waals surface area contributed by atoms with Crippen LogP contribution in [0.5, 0.6) is 11.8 Å². The van der Waals surface area contributed by atoms with Crippen LogP contribution in [0.15, 0.2) is 18.2 Å². The molecule has 0 aliphatic heterocycles. The Morgan fingerprint density at radius 1 is 1.35 bits per heavy atom. The first kappa shape index (κ1) is 14.0. The number of ether oxygens (including phenoxy) is 1. The number of aromatic nitrogens is 3. The molecule has 20 heavy (non-hydrogen) atoms. The van der Waals surface area contributed by atoms with Crippen molar-refractivity contribution in [2.45, 2.75) is 13.8 Å². The molecule has 1 aromatic heterocycles. The molecule has 0 unspecified atom stereocenters. The Balaban J connectivity index is 2.32. The topological polar surface area (TPSA) is 83.7 Å². The van der Waals surface area contributed by atoms with Gasteiger partial charge >= 0.3 is 6.01 Å². The molecule has 0 amide bonds. The van der Waals surface area contributed by atoms with Gasteiger partial charge in [-0.1, -0.05) is 6.07 Å². The summed E-state index contributed by atoms with van der Waals surface area (Å²) in [4.78, 5) is 11.9. The molecule has 1 heterocycles. The Kier molecular flexibility index (Phi) is 4.33. The summed E-state index contributed by atoms with van der Waals surface area (Å²) >= 11 is 5.82. The number of anilines is 1. The predicted octanol–water partition coefficient (Wildman–Crippen LogP) is 2.93. The second-order valence-corrected chi connectivity index (χ2v) is 4.27. The molecule has 102 valence electrons. The van der Waals surface area contributed by atoms with E-state index in [0.29, 0.717) is 23.8 Å². The molecular weight excluding hydrogens is 278 g/mol. The highest BCUT2D eigenvalue weighted by atomic mass is 35.5. The molecule has 0 saturated carbocycles. The number of benzene rings is 1. The number of halogens is 1. The van der Waals surface area contributed by atoms with Gasteiger partial charge in [-0.05, 0) is 43.1 Å². The second kappa shape index (κ2) is 6.17. The zero-order valence-electron chi connectivity index (χ0n) is 11.0. The summed E-state index contributed by atoms with van der Waals surface area (Å²) in [5, 5.41) is 11.9. The van der Waals surface area contributed by atoms with E-state index >= 15 is 0 Å². The lowest BCUT2D eigenvalue weighted by Gasteiger charge is -2.08. The van der Waals surface area contributed by atoms with Crippen molar-refractivity contribution in [3.8, 4) is 17.8 Å². The van der Waals surface area contributed by atoms with Crippen molar-refractivity contribution in [3.05, 3.63) is 34.6 Å². The number of aryl methyl sites for hydroxylation is 1. The average Bonchev–Trinajstić information content (AvgIpc) is 2.41. The number of hydrogen-bond acceptors (Lipinski definition) is 6. The maximum absolute atomic E-state index is 8.90. The van der Waals surface area contributed by atoms with Crippen molar-refractivity contribution in [2.24, 2.45) is 0 Å². The highest BCUT2D eigenvalue weighted by Gasteiger charge is 2.09. The third kappa shape index (κ3) is 3.33. The third-order valence-corrected chi connectivity index (χ3v) is 2.61. The maximum atomic E-state index is 8.90. The summed E-state index contributed by atoms with van der Waals surface area (Å²) < 4.78 is 5.58. The van der Waals surface area contributed by atoms with Gasteiger partial charge in [0.25, 0.3) is 0 Å². The number of nitrogens with zero attached hydrogens (tertiary/aromatic N) is 4. The van der Waals surface area contributed by atoms with E-state index in [-0.39, 0.29) is 11.3 Å². The number of nitrogens with one attached hydrogen (secondary N) is 1. The van der Waals surface area contributed by atoms with Crippen molar-refractivity contribution in [3.63, 3.8) is 0 Å². The lowest BCUT2D eigenvalue weighted by atomic mass is 10.1. The molecule has 0 aliphatic carbocycles. The van der Waals surface area contributed by atoms with E-state index in [1.165, 1.54) is 0 Å². The average molecular weight is 290 g/mol. The Hall–Kier alpha value is -2.39. The van der Waals surface area contributed by atoms with E-state index in [2.05, 4.69) is 26.3 Å². The van der Waals surface area contributed by atoms with Crippen molar-refractivity contribution in [1.29, 1.82) is 5.26 Å². The van der Waals surface area contributed by atoms with Gasteiger partial charge in [0.1, 0.15) is 5.75 Å². The molecule has 6 nitrogen and oxygen atoms in total. The summed E-state index contributed by atoms with van der Waals surface area (Å²) in [5.74, 6) is 0.852. The van der Waals surface area contributed by atoms with Gasteiger partial charge in [0.05, 0.1) is 11.6 Å². The normalized spacial score (nSPS) is 9.90. The summed E-state index contributed by atoms with van der Waals surface area (Å²) in [6, 6.07) is 7.27. The molecule has 2 aromatic rings. The van der Waals surface area contributed by atoms with Crippen LogP contribution >= 0.6 is 11.6 Å². The fraction of sp³-hybridized carbons (Fsp3) is 0.231. The zero-order valence-corrected chi connectivity index (χ0v) is 11.8. The van der Waals surface area contributed by atoms with Gasteiger partial charge in [-0.2, -0.15) is 20.2 Å². The molecule has 1 N–H and O–H groups in total. The van der Waals surface area contributed by atoms with Gasteiger partial charge in [-0.25, -0.2) is 0 Å². The van der Waals surface area contributed by atoms with Crippen LogP contribution in [-0.2, 0) is 0 Å². The fourth-order valence-corrected chi connectivity index (χ4v) is 1.65. The smallest absolute Gasteiger partial charge is 0.328 e. The van der Waals surface area contributed by atoms with Crippen LogP contribution in [0.25, 0.3) is 0 Å². The third-order valence-electron chi connectivity index (χ3n) is 2.44. The lowest BCUT2D eigenvalue weighted by molar-refractivity contribution is 0.437. The maximum Gasteiger partial charge on any atom is 0.328 e. The van der Waals surface area contributed by atoms with Gasteiger partial charge < -0.3 is 10.1 Å². The summed E-state index contributed by atoms with van der Waals surface area (Å²) in [5.41, 5.74) is 1.36. The standard InChI is InChI=1S/C13H12ClN5O/c1-3-16-12-17-11(14)18-13(19-12)20-10-6-9(7-15)5-4-8(10)2/h4-6H,3H2,1-2H3,(H,16,17,18,19). The molecule has 0 atom stereocenters. The summed E-state index contributed by atoms with van der Waals surface area (Å²) in [6.45, 7) is 4.44. The van der Waals surface area contributed by atoms with E-state index in [0.717, 1.165) is 5.56 Å². The van der Waals surface area contributed by atoms with E-state index in [4.69, 9.17) is 21.6 Å². The molecule has 0 saturated heterocycles. The molecule has 0 bridgehead atoms. The molecule has 0 radical (unpaired) electrons. The molecule has 1 aromatic carbocycles. The Morgan fingerprint density at radius 3 is 2.85 bits per heavy atom. The Labute approximate surface area is 121 Å². The molecule has 0 aliphatic rings. The molecule has 7 heteroatoms. The first-order valence-corrected chi connectivity index (χ1v) is 6.34. The van der Waals surface area contributed by atoms with E-state index < -0.39 is 0 Å². The number of nitriles is 1. The largest absolute Gasteiger partial charge is 0.424 e. The van der Waals surface area contributed by atoms with Crippen molar-refractivity contribution in [1.82, 2.24) is 15.0 Å². The lowest BCUT2D eigenvalue weighted by Crippen LogP contribution is -2.05. The van der Waals surface area contributed by atoms with Crippen LogP contribution in [-0.4, -0.2) is 21.5 Å². The van der Waals surface area contributed by atoms with Crippen LogP contribution < -0.4 is 10.1 Å². The van der Waals surface area contributed by atoms with Crippen LogP contribution in [0.4, 0.5) is 5.95 Å². The van der Waals surface area contributed by atoms with Gasteiger partial charge in [-0.15, -0.1) is 0 Å². The minimum Gasteiger partial charge on any atom is -0.424 e. The molecule has 0 spiro atoms. The van der Waals surface area contributed by atoms with Crippen LogP contribution in [0.1, 0.15) is 18.1 Å². The fourth-order valence-electron chi connectivity index (χ4n) is 1.49. The summed E-state index contributed by atoms with van der Waals surface area (Å²) in [6.07, 6.45) is 0. The molecular formula is C13H12ClN5O. The second-order valence-electron chi connectivity index (χ2n) is 3.94.